The van der Waals surface area contributed by atoms with E-state index >= 15 is 0 Å². The number of Topliss-reactive ketones (excluding diaryl/α,β-unsaturated/α-hetero) is 1. The molecular formula is C15H22O2. The van der Waals surface area contributed by atoms with Gasteiger partial charge in [0.15, 0.2) is 5.78 Å². The van der Waals surface area contributed by atoms with Crippen molar-refractivity contribution >= 4 is 5.78 Å². The Morgan fingerprint density at radius 2 is 1.82 bits per heavy atom. The first-order valence-electron chi connectivity index (χ1n) is 6.13. The molecule has 0 heterocycles. The summed E-state index contributed by atoms with van der Waals surface area (Å²) in [6.07, 6.45) is 0.769. The highest BCUT2D eigenvalue weighted by Crippen LogP contribution is 2.14. The average molecular weight is 234 g/mol. The maximum Gasteiger partial charge on any atom is 0.165 e. The third-order valence-electron chi connectivity index (χ3n) is 2.59. The summed E-state index contributed by atoms with van der Waals surface area (Å²) in [5, 5.41) is 0. The molecule has 1 aromatic rings. The molecule has 0 radical (unpaired) electrons. The van der Waals surface area contributed by atoms with Gasteiger partial charge < -0.3 is 4.74 Å². The fraction of sp³-hybridized carbons (Fsp3) is 0.533. The van der Waals surface area contributed by atoms with Crippen LogP contribution in [0, 0.1) is 5.92 Å². The van der Waals surface area contributed by atoms with Gasteiger partial charge in [-0.25, -0.2) is 0 Å². The lowest BCUT2D eigenvalue weighted by molar-refractivity contribution is -0.00790. The van der Waals surface area contributed by atoms with Crippen molar-refractivity contribution < 1.29 is 9.53 Å². The molecule has 2 nitrogen and oxygen atoms in total. The lowest BCUT2D eigenvalue weighted by Crippen LogP contribution is -2.22. The predicted molar refractivity (Wildman–Crippen MR) is 70.3 cm³/mol. The Kier molecular flexibility index (Phi) is 4.88. The first-order valence-corrected chi connectivity index (χ1v) is 6.13. The van der Waals surface area contributed by atoms with E-state index in [4.69, 9.17) is 4.74 Å². The first-order chi connectivity index (χ1) is 7.90. The van der Waals surface area contributed by atoms with Crippen LogP contribution in [0.1, 0.15) is 44.5 Å². The molecule has 94 valence electrons. The van der Waals surface area contributed by atoms with Crippen molar-refractivity contribution in [2.75, 3.05) is 6.61 Å². The van der Waals surface area contributed by atoms with E-state index in [9.17, 15) is 4.79 Å². The number of rotatable bonds is 5. The number of hydrogen-bond donors (Lipinski definition) is 0. The highest BCUT2D eigenvalue weighted by molar-refractivity contribution is 5.97. The van der Waals surface area contributed by atoms with Crippen LogP contribution in [0.25, 0.3) is 0 Å². The van der Waals surface area contributed by atoms with Crippen LogP contribution in [0.3, 0.4) is 0 Å². The summed E-state index contributed by atoms with van der Waals surface area (Å²) in [6, 6.07) is 9.44. The van der Waals surface area contributed by atoms with Crippen LogP contribution in [0.2, 0.25) is 0 Å². The van der Waals surface area contributed by atoms with Gasteiger partial charge in [-0.05, 0) is 27.2 Å². The van der Waals surface area contributed by atoms with Gasteiger partial charge in [-0.1, -0.05) is 37.3 Å². The highest BCUT2D eigenvalue weighted by atomic mass is 16.5. The number of hydrogen-bond acceptors (Lipinski definition) is 2. The van der Waals surface area contributed by atoms with E-state index in [0.717, 1.165) is 12.0 Å². The average Bonchev–Trinajstić information content (AvgIpc) is 2.27. The minimum absolute atomic E-state index is 0.0137. The lowest BCUT2D eigenvalue weighted by atomic mass is 9.97. The molecule has 0 saturated carbocycles. The molecule has 0 aromatic heterocycles. The Bertz CT molecular complexity index is 349. The van der Waals surface area contributed by atoms with Gasteiger partial charge in [0.05, 0.1) is 5.60 Å². The molecule has 0 aliphatic rings. The third kappa shape index (κ3) is 5.14. The molecule has 0 aliphatic carbocycles. The van der Waals surface area contributed by atoms with Crippen molar-refractivity contribution in [1.29, 1.82) is 0 Å². The second-order valence-electron chi connectivity index (χ2n) is 5.38. The molecule has 0 N–H and O–H groups in total. The van der Waals surface area contributed by atoms with Gasteiger partial charge in [0.1, 0.15) is 0 Å². The van der Waals surface area contributed by atoms with E-state index in [1.807, 2.05) is 58.0 Å². The highest BCUT2D eigenvalue weighted by Gasteiger charge is 2.16. The van der Waals surface area contributed by atoms with Crippen LogP contribution in [-0.4, -0.2) is 18.0 Å². The number of benzene rings is 1. The first kappa shape index (κ1) is 13.9. The molecular weight excluding hydrogens is 212 g/mol. The molecule has 0 fully saturated rings. The second-order valence-corrected chi connectivity index (χ2v) is 5.38. The summed E-state index contributed by atoms with van der Waals surface area (Å²) in [4.78, 5) is 12.0. The Morgan fingerprint density at radius 3 is 2.35 bits per heavy atom. The Balaban J connectivity index is 2.43. The van der Waals surface area contributed by atoms with Gasteiger partial charge in [0, 0.05) is 18.1 Å². The van der Waals surface area contributed by atoms with Gasteiger partial charge >= 0.3 is 0 Å². The molecule has 17 heavy (non-hydrogen) atoms. The Morgan fingerprint density at radius 1 is 1.24 bits per heavy atom. The summed E-state index contributed by atoms with van der Waals surface area (Å²) in [5.41, 5.74) is 0.658. The van der Waals surface area contributed by atoms with Crippen molar-refractivity contribution in [3.63, 3.8) is 0 Å². The second kappa shape index (κ2) is 5.97. The number of carbonyl (C=O) groups is 1. The van der Waals surface area contributed by atoms with E-state index in [-0.39, 0.29) is 17.3 Å². The van der Waals surface area contributed by atoms with Crippen molar-refractivity contribution in [3.05, 3.63) is 35.9 Å². The van der Waals surface area contributed by atoms with E-state index < -0.39 is 0 Å². The molecule has 1 atom stereocenters. The van der Waals surface area contributed by atoms with E-state index in [1.54, 1.807) is 0 Å². The summed E-state index contributed by atoms with van der Waals surface area (Å²) >= 11 is 0. The van der Waals surface area contributed by atoms with Crippen LogP contribution in [0.4, 0.5) is 0 Å². The third-order valence-corrected chi connectivity index (χ3v) is 2.59. The fourth-order valence-electron chi connectivity index (χ4n) is 1.56. The molecule has 0 spiro atoms. The molecule has 0 saturated heterocycles. The fourth-order valence-corrected chi connectivity index (χ4v) is 1.56. The summed E-state index contributed by atoms with van der Waals surface area (Å²) < 4.78 is 5.63. The van der Waals surface area contributed by atoms with Gasteiger partial charge in [-0.15, -0.1) is 0 Å². The minimum atomic E-state index is -0.129. The monoisotopic (exact) mass is 234 g/mol. The van der Waals surface area contributed by atoms with E-state index in [0.29, 0.717) is 6.61 Å². The maximum atomic E-state index is 12.0. The van der Waals surface area contributed by atoms with Crippen LogP contribution in [-0.2, 0) is 4.74 Å². The number of carbonyl (C=O) groups excluding carboxylic acids is 1. The predicted octanol–water partition coefficient (Wildman–Crippen LogP) is 3.71. The molecule has 0 bridgehead atoms. The van der Waals surface area contributed by atoms with Crippen molar-refractivity contribution in [2.24, 2.45) is 5.92 Å². The normalized spacial score (nSPS) is 13.4. The smallest absolute Gasteiger partial charge is 0.165 e. The van der Waals surface area contributed by atoms with E-state index in [2.05, 4.69) is 0 Å². The van der Waals surface area contributed by atoms with Crippen molar-refractivity contribution in [2.45, 2.75) is 39.7 Å². The molecule has 1 rings (SSSR count). The lowest BCUT2D eigenvalue weighted by Gasteiger charge is -2.20. The zero-order valence-electron chi connectivity index (χ0n) is 11.2. The SMILES string of the molecule is CC(CCOC(C)(C)C)C(=O)c1ccccc1. The Labute approximate surface area is 104 Å². The van der Waals surface area contributed by atoms with Crippen LogP contribution >= 0.6 is 0 Å². The van der Waals surface area contributed by atoms with E-state index in [1.165, 1.54) is 0 Å². The van der Waals surface area contributed by atoms with Gasteiger partial charge in [-0.3, -0.25) is 4.79 Å². The molecule has 1 aromatic carbocycles. The standard InChI is InChI=1S/C15H22O2/c1-12(10-11-17-15(2,3)4)14(16)13-8-6-5-7-9-13/h5-9,12H,10-11H2,1-4H3. The van der Waals surface area contributed by atoms with Crippen LogP contribution in [0.5, 0.6) is 0 Å². The zero-order chi connectivity index (χ0) is 12.9. The number of ketones is 1. The number of ether oxygens (including phenoxy) is 1. The Hall–Kier alpha value is -1.15. The molecule has 2 heteroatoms. The summed E-state index contributed by atoms with van der Waals surface area (Å²) in [6.45, 7) is 8.66. The minimum Gasteiger partial charge on any atom is -0.376 e. The summed E-state index contributed by atoms with van der Waals surface area (Å²) in [7, 11) is 0. The largest absolute Gasteiger partial charge is 0.376 e. The summed E-state index contributed by atoms with van der Waals surface area (Å²) in [5.74, 6) is 0.211. The molecule has 1 unspecified atom stereocenters. The van der Waals surface area contributed by atoms with Gasteiger partial charge in [0.25, 0.3) is 0 Å². The zero-order valence-corrected chi connectivity index (χ0v) is 11.2. The quantitative estimate of drug-likeness (QED) is 0.726. The van der Waals surface area contributed by atoms with Gasteiger partial charge in [0.2, 0.25) is 0 Å². The topological polar surface area (TPSA) is 26.3 Å². The van der Waals surface area contributed by atoms with Gasteiger partial charge in [-0.2, -0.15) is 0 Å². The van der Waals surface area contributed by atoms with Crippen molar-refractivity contribution in [3.8, 4) is 0 Å². The van der Waals surface area contributed by atoms with Crippen molar-refractivity contribution in [1.82, 2.24) is 0 Å². The van der Waals surface area contributed by atoms with Crippen LogP contribution in [0.15, 0.2) is 30.3 Å². The van der Waals surface area contributed by atoms with Crippen LogP contribution < -0.4 is 0 Å². The molecule has 0 aliphatic heterocycles. The molecule has 0 amide bonds. The maximum absolute atomic E-state index is 12.0.